The number of piperidine rings is 1. The van der Waals surface area contributed by atoms with E-state index in [2.05, 4.69) is 41.3 Å². The number of aromatic nitrogens is 1. The number of allylic oxidation sites excluding steroid dienone is 1. The van der Waals surface area contributed by atoms with Crippen LogP contribution >= 0.6 is 27.3 Å². The molecular weight excluding hydrogens is 522 g/mol. The van der Waals surface area contributed by atoms with Gasteiger partial charge >= 0.3 is 0 Å². The summed E-state index contributed by atoms with van der Waals surface area (Å²) >= 11 is 4.90. The number of carbonyl (C=O) groups is 1. The van der Waals surface area contributed by atoms with E-state index in [9.17, 15) is 13.2 Å². The van der Waals surface area contributed by atoms with Crippen molar-refractivity contribution in [2.24, 2.45) is 16.8 Å². The third-order valence-electron chi connectivity index (χ3n) is 5.73. The highest BCUT2D eigenvalue weighted by Gasteiger charge is 2.31. The standard InChI is InChI=1S/C24H26BrN3O3S2/c1-4-11-28-21-10-7-19(25)13-22(21)32-24(28)26-23(29)18-5-8-20(9-6-18)33(30,31)27-14-16(2)12-17(3)15-27/h4-10,13,16-17H,1,11-12,14-15H2,2-3H3. The van der Waals surface area contributed by atoms with Crippen molar-refractivity contribution < 1.29 is 13.2 Å². The zero-order valence-corrected chi connectivity index (χ0v) is 21.8. The molecule has 174 valence electrons. The SMILES string of the molecule is C=CCn1c(=NC(=O)c2ccc(S(=O)(=O)N3CC(C)CC(C)C3)cc2)sc2cc(Br)ccc21. The molecule has 0 saturated carbocycles. The molecule has 1 amide bonds. The van der Waals surface area contributed by atoms with Gasteiger partial charge in [0.15, 0.2) is 4.80 Å². The lowest BCUT2D eigenvalue weighted by Gasteiger charge is -2.34. The molecule has 9 heteroatoms. The molecule has 2 atom stereocenters. The Morgan fingerprint density at radius 2 is 1.85 bits per heavy atom. The van der Waals surface area contributed by atoms with Crippen molar-refractivity contribution in [1.82, 2.24) is 8.87 Å². The lowest BCUT2D eigenvalue weighted by Crippen LogP contribution is -2.42. The van der Waals surface area contributed by atoms with Crippen molar-refractivity contribution in [2.75, 3.05) is 13.1 Å². The third kappa shape index (κ3) is 5.06. The number of benzene rings is 2. The number of thiazole rings is 1. The van der Waals surface area contributed by atoms with Crippen LogP contribution in [0.4, 0.5) is 0 Å². The summed E-state index contributed by atoms with van der Waals surface area (Å²) in [7, 11) is -3.59. The summed E-state index contributed by atoms with van der Waals surface area (Å²) in [5.41, 5.74) is 1.32. The van der Waals surface area contributed by atoms with Crippen LogP contribution in [0.5, 0.6) is 0 Å². The van der Waals surface area contributed by atoms with Gasteiger partial charge in [-0.15, -0.1) is 6.58 Å². The number of nitrogens with zero attached hydrogens (tertiary/aromatic N) is 3. The number of sulfonamides is 1. The Hall–Kier alpha value is -2.07. The van der Waals surface area contributed by atoms with Gasteiger partial charge in [-0.25, -0.2) is 8.42 Å². The first-order valence-electron chi connectivity index (χ1n) is 10.8. The molecule has 2 aromatic carbocycles. The van der Waals surface area contributed by atoms with Crippen LogP contribution in [-0.4, -0.2) is 36.3 Å². The number of amides is 1. The number of hydrogen-bond donors (Lipinski definition) is 0. The Balaban J connectivity index is 1.64. The summed E-state index contributed by atoms with van der Waals surface area (Å²) in [6, 6.07) is 12.0. The normalized spacial score (nSPS) is 20.3. The first-order valence-corrected chi connectivity index (χ1v) is 13.8. The number of fused-ring (bicyclic) bond motifs is 1. The largest absolute Gasteiger partial charge is 0.312 e. The molecule has 0 aliphatic carbocycles. The molecule has 1 aromatic heterocycles. The molecule has 1 fully saturated rings. The first-order chi connectivity index (χ1) is 15.7. The van der Waals surface area contributed by atoms with Crippen molar-refractivity contribution in [3.05, 3.63) is 70.0 Å². The molecule has 0 N–H and O–H groups in total. The fraction of sp³-hybridized carbons (Fsp3) is 0.333. The van der Waals surface area contributed by atoms with Crippen LogP contribution in [0.1, 0.15) is 30.6 Å². The van der Waals surface area contributed by atoms with Gasteiger partial charge in [-0.1, -0.05) is 47.2 Å². The van der Waals surface area contributed by atoms with E-state index < -0.39 is 15.9 Å². The lowest BCUT2D eigenvalue weighted by molar-refractivity contribution is 0.0998. The van der Waals surface area contributed by atoms with Crippen LogP contribution in [-0.2, 0) is 16.6 Å². The highest BCUT2D eigenvalue weighted by molar-refractivity contribution is 9.10. The van der Waals surface area contributed by atoms with Gasteiger partial charge in [-0.3, -0.25) is 4.79 Å². The van der Waals surface area contributed by atoms with E-state index in [1.54, 1.807) is 10.4 Å². The van der Waals surface area contributed by atoms with Crippen molar-refractivity contribution in [1.29, 1.82) is 0 Å². The average molecular weight is 549 g/mol. The second-order valence-corrected chi connectivity index (χ2v) is 12.5. The van der Waals surface area contributed by atoms with E-state index >= 15 is 0 Å². The third-order valence-corrected chi connectivity index (χ3v) is 9.11. The Morgan fingerprint density at radius 3 is 2.48 bits per heavy atom. The van der Waals surface area contributed by atoms with Gasteiger partial charge < -0.3 is 4.57 Å². The summed E-state index contributed by atoms with van der Waals surface area (Å²) in [4.78, 5) is 18.0. The minimum Gasteiger partial charge on any atom is -0.312 e. The van der Waals surface area contributed by atoms with Gasteiger partial charge in [0, 0.05) is 29.7 Å². The Labute approximate surface area is 206 Å². The number of halogens is 1. The Morgan fingerprint density at radius 1 is 1.18 bits per heavy atom. The Kier molecular flexibility index (Phi) is 7.04. The predicted octanol–water partition coefficient (Wildman–Crippen LogP) is 5.06. The monoisotopic (exact) mass is 547 g/mol. The molecule has 0 spiro atoms. The molecule has 3 aromatic rings. The van der Waals surface area contributed by atoms with E-state index in [1.165, 1.54) is 35.6 Å². The molecule has 1 saturated heterocycles. The molecule has 1 aliphatic heterocycles. The first kappa shape index (κ1) is 24.1. The second kappa shape index (κ2) is 9.66. The van der Waals surface area contributed by atoms with E-state index in [0.29, 0.717) is 41.8 Å². The summed E-state index contributed by atoms with van der Waals surface area (Å²) in [6.07, 6.45) is 2.79. The summed E-state index contributed by atoms with van der Waals surface area (Å²) < 4.78 is 31.6. The van der Waals surface area contributed by atoms with Crippen molar-refractivity contribution in [3.63, 3.8) is 0 Å². The molecule has 6 nitrogen and oxygen atoms in total. The van der Waals surface area contributed by atoms with Crippen LogP contribution in [0.3, 0.4) is 0 Å². The highest BCUT2D eigenvalue weighted by atomic mass is 79.9. The van der Waals surface area contributed by atoms with Gasteiger partial charge in [0.1, 0.15) is 0 Å². The number of carbonyl (C=O) groups excluding carboxylic acids is 1. The van der Waals surface area contributed by atoms with E-state index in [0.717, 1.165) is 21.1 Å². The van der Waals surface area contributed by atoms with E-state index in [-0.39, 0.29) is 4.90 Å². The minimum absolute atomic E-state index is 0.203. The molecule has 0 bridgehead atoms. The zero-order chi connectivity index (χ0) is 23.8. The maximum atomic E-state index is 13.1. The van der Waals surface area contributed by atoms with Crippen LogP contribution in [0.15, 0.2) is 69.5 Å². The maximum Gasteiger partial charge on any atom is 0.279 e. The van der Waals surface area contributed by atoms with Crippen LogP contribution < -0.4 is 4.80 Å². The Bertz CT molecular complexity index is 1360. The molecule has 4 rings (SSSR count). The fourth-order valence-electron chi connectivity index (χ4n) is 4.31. The quantitative estimate of drug-likeness (QED) is 0.419. The average Bonchev–Trinajstić information content (AvgIpc) is 3.09. The predicted molar refractivity (Wildman–Crippen MR) is 136 cm³/mol. The summed E-state index contributed by atoms with van der Waals surface area (Å²) in [5.74, 6) is 0.238. The van der Waals surface area contributed by atoms with Gasteiger partial charge in [0.05, 0.1) is 15.1 Å². The fourth-order valence-corrected chi connectivity index (χ4v) is 7.58. The van der Waals surface area contributed by atoms with Crippen molar-refractivity contribution >= 4 is 53.4 Å². The molecular formula is C24H26BrN3O3S2. The van der Waals surface area contributed by atoms with Gasteiger partial charge in [0.2, 0.25) is 10.0 Å². The topological polar surface area (TPSA) is 71.7 Å². The van der Waals surface area contributed by atoms with Gasteiger partial charge in [-0.05, 0) is 60.7 Å². The molecule has 0 radical (unpaired) electrons. The van der Waals surface area contributed by atoms with Gasteiger partial charge in [0.25, 0.3) is 5.91 Å². The van der Waals surface area contributed by atoms with Crippen LogP contribution in [0.2, 0.25) is 0 Å². The maximum absolute atomic E-state index is 13.1. The van der Waals surface area contributed by atoms with Crippen LogP contribution in [0.25, 0.3) is 10.2 Å². The lowest BCUT2D eigenvalue weighted by atomic mass is 9.94. The molecule has 2 heterocycles. The number of rotatable bonds is 5. The summed E-state index contributed by atoms with van der Waals surface area (Å²) in [6.45, 7) is 9.53. The van der Waals surface area contributed by atoms with E-state index in [4.69, 9.17) is 0 Å². The number of hydrogen-bond acceptors (Lipinski definition) is 4. The van der Waals surface area contributed by atoms with Gasteiger partial charge in [-0.2, -0.15) is 9.30 Å². The van der Waals surface area contributed by atoms with E-state index in [1.807, 2.05) is 22.8 Å². The minimum atomic E-state index is -3.59. The molecule has 1 aliphatic rings. The smallest absolute Gasteiger partial charge is 0.279 e. The molecule has 33 heavy (non-hydrogen) atoms. The van der Waals surface area contributed by atoms with Crippen molar-refractivity contribution in [3.8, 4) is 0 Å². The highest BCUT2D eigenvalue weighted by Crippen LogP contribution is 2.27. The second-order valence-electron chi connectivity index (χ2n) is 8.61. The van der Waals surface area contributed by atoms with Crippen molar-refractivity contribution in [2.45, 2.75) is 31.7 Å². The zero-order valence-electron chi connectivity index (χ0n) is 18.6. The molecule has 2 unspecified atom stereocenters. The summed E-state index contributed by atoms with van der Waals surface area (Å²) in [5, 5.41) is 0. The van der Waals surface area contributed by atoms with Crippen LogP contribution in [0, 0.1) is 11.8 Å².